The number of alkyl halides is 3. The first-order chi connectivity index (χ1) is 16.5. The second kappa shape index (κ2) is 10.8. The van der Waals surface area contributed by atoms with Gasteiger partial charge in [0.25, 0.3) is 0 Å². The summed E-state index contributed by atoms with van der Waals surface area (Å²) in [5.74, 6) is -2.85. The lowest BCUT2D eigenvalue weighted by Gasteiger charge is -2.11. The van der Waals surface area contributed by atoms with Gasteiger partial charge in [0.1, 0.15) is 5.75 Å². The monoisotopic (exact) mass is 503 g/mol. The van der Waals surface area contributed by atoms with Gasteiger partial charge in [-0.3, -0.25) is 9.59 Å². The summed E-state index contributed by atoms with van der Waals surface area (Å²) in [7, 11) is 0. The van der Waals surface area contributed by atoms with Crippen LogP contribution in [0.3, 0.4) is 0 Å². The molecule has 0 saturated carbocycles. The number of amides is 2. The number of ether oxygens (including phenoxy) is 1. The molecule has 0 aliphatic carbocycles. The number of carbonyl (C=O) groups excluding carboxylic acids is 3. The van der Waals surface area contributed by atoms with Crippen molar-refractivity contribution < 1.29 is 32.3 Å². The lowest BCUT2D eigenvalue weighted by atomic mass is 10.1. The van der Waals surface area contributed by atoms with Gasteiger partial charge in [-0.15, -0.1) is 0 Å². The van der Waals surface area contributed by atoms with E-state index in [0.717, 1.165) is 17.7 Å². The Kier molecular flexibility index (Phi) is 7.87. The quantitative estimate of drug-likeness (QED) is 0.169. The highest BCUT2D eigenvalue weighted by atomic mass is 35.5. The number of halogens is 4. The van der Waals surface area contributed by atoms with Crippen molar-refractivity contribution in [2.24, 2.45) is 5.10 Å². The summed E-state index contributed by atoms with van der Waals surface area (Å²) in [5, 5.41) is 5.46. The van der Waals surface area contributed by atoms with E-state index >= 15 is 0 Å². The smallest absolute Gasteiger partial charge is 0.416 e. The van der Waals surface area contributed by atoms with Crippen LogP contribution in [-0.4, -0.2) is 24.0 Å². The average molecular weight is 504 g/mol. The van der Waals surface area contributed by atoms with Crippen LogP contribution in [0.4, 0.5) is 18.9 Å². The zero-order chi connectivity index (χ0) is 25.6. The molecule has 180 valence electrons. The molecule has 0 bridgehead atoms. The highest BCUT2D eigenvalue weighted by molar-refractivity contribution is 6.41. The minimum absolute atomic E-state index is 0.181. The highest BCUT2D eigenvalue weighted by Gasteiger charge is 2.31. The zero-order valence-corrected chi connectivity index (χ0v) is 18.8. The molecule has 0 radical (unpaired) electrons. The molecule has 2 amide bonds. The van der Waals surface area contributed by atoms with Gasteiger partial charge in [-0.05, 0) is 55.0 Å². The molecule has 0 aromatic heterocycles. The van der Waals surface area contributed by atoms with Crippen molar-refractivity contribution in [2.45, 2.75) is 13.1 Å². The van der Waals surface area contributed by atoms with Gasteiger partial charge in [-0.2, -0.15) is 18.3 Å². The summed E-state index contributed by atoms with van der Waals surface area (Å²) in [6.45, 7) is 1.89. The standard InChI is InChI=1S/C24H17ClF3N3O4/c1-14-5-7-16(8-6-14)23(34)35-18-4-2-3-15(11-18)13-29-31-22(33)21(32)30-20-12-17(24(26,27)28)9-10-19(20)25/h2-13H,1H3,(H,30,32)(H,31,33)/b29-13+. The van der Waals surface area contributed by atoms with E-state index in [1.165, 1.54) is 12.3 Å². The molecule has 0 saturated heterocycles. The highest BCUT2D eigenvalue weighted by Crippen LogP contribution is 2.33. The number of aryl methyl sites for hydroxylation is 1. The Hall–Kier alpha value is -4.18. The Morgan fingerprint density at radius 1 is 0.971 bits per heavy atom. The van der Waals surface area contributed by atoms with Gasteiger partial charge in [-0.25, -0.2) is 10.2 Å². The van der Waals surface area contributed by atoms with Crippen LogP contribution in [0.1, 0.15) is 27.0 Å². The number of carbonyl (C=O) groups is 3. The van der Waals surface area contributed by atoms with E-state index < -0.39 is 29.5 Å². The average Bonchev–Trinajstić information content (AvgIpc) is 2.80. The van der Waals surface area contributed by atoms with Crippen LogP contribution >= 0.6 is 11.6 Å². The van der Waals surface area contributed by atoms with E-state index in [1.807, 2.05) is 17.7 Å². The third kappa shape index (κ3) is 7.15. The topological polar surface area (TPSA) is 96.9 Å². The fraction of sp³-hybridized carbons (Fsp3) is 0.0833. The number of hydrogen-bond acceptors (Lipinski definition) is 5. The Bertz CT molecular complexity index is 1290. The van der Waals surface area contributed by atoms with E-state index in [0.29, 0.717) is 17.2 Å². The predicted octanol–water partition coefficient (Wildman–Crippen LogP) is 4.98. The van der Waals surface area contributed by atoms with Gasteiger partial charge in [0.05, 0.1) is 28.1 Å². The van der Waals surface area contributed by atoms with E-state index in [9.17, 15) is 27.6 Å². The summed E-state index contributed by atoms with van der Waals surface area (Å²) in [4.78, 5) is 36.2. The zero-order valence-electron chi connectivity index (χ0n) is 18.0. The van der Waals surface area contributed by atoms with Gasteiger partial charge < -0.3 is 10.1 Å². The van der Waals surface area contributed by atoms with Crippen LogP contribution in [0, 0.1) is 6.92 Å². The third-order valence-electron chi connectivity index (χ3n) is 4.48. The van der Waals surface area contributed by atoms with Crippen LogP contribution in [0.15, 0.2) is 71.8 Å². The molecule has 0 atom stereocenters. The first kappa shape index (κ1) is 25.4. The van der Waals surface area contributed by atoms with Crippen molar-refractivity contribution in [3.63, 3.8) is 0 Å². The fourth-order valence-corrected chi connectivity index (χ4v) is 2.87. The van der Waals surface area contributed by atoms with Crippen LogP contribution in [0.5, 0.6) is 5.75 Å². The van der Waals surface area contributed by atoms with Crippen LogP contribution < -0.4 is 15.5 Å². The Balaban J connectivity index is 1.59. The molecule has 35 heavy (non-hydrogen) atoms. The minimum atomic E-state index is -4.65. The van der Waals surface area contributed by atoms with Gasteiger partial charge in [0.2, 0.25) is 0 Å². The molecular formula is C24H17ClF3N3O4. The molecule has 0 heterocycles. The van der Waals surface area contributed by atoms with Gasteiger partial charge >= 0.3 is 24.0 Å². The van der Waals surface area contributed by atoms with E-state index in [2.05, 4.69) is 5.10 Å². The van der Waals surface area contributed by atoms with Crippen LogP contribution in [0.25, 0.3) is 0 Å². The van der Waals surface area contributed by atoms with Crippen LogP contribution in [0.2, 0.25) is 5.02 Å². The Morgan fingerprint density at radius 3 is 2.37 bits per heavy atom. The first-order valence-electron chi connectivity index (χ1n) is 9.93. The normalized spacial score (nSPS) is 11.2. The number of benzene rings is 3. The summed E-state index contributed by atoms with van der Waals surface area (Å²) in [5.41, 5.74) is 2.32. The third-order valence-corrected chi connectivity index (χ3v) is 4.81. The van der Waals surface area contributed by atoms with Gasteiger partial charge in [-0.1, -0.05) is 41.4 Å². The van der Waals surface area contributed by atoms with Gasteiger partial charge in [0, 0.05) is 0 Å². The number of nitrogens with zero attached hydrogens (tertiary/aromatic N) is 1. The number of hydrogen-bond donors (Lipinski definition) is 2. The van der Waals surface area contributed by atoms with E-state index in [4.69, 9.17) is 16.3 Å². The Morgan fingerprint density at radius 2 is 1.69 bits per heavy atom. The maximum absolute atomic E-state index is 12.8. The van der Waals surface area contributed by atoms with Crippen molar-refractivity contribution in [3.05, 3.63) is 94.0 Å². The fourth-order valence-electron chi connectivity index (χ4n) is 2.71. The predicted molar refractivity (Wildman–Crippen MR) is 123 cm³/mol. The largest absolute Gasteiger partial charge is 0.423 e. The Labute approximate surface area is 202 Å². The summed E-state index contributed by atoms with van der Waals surface area (Å²) in [6, 6.07) is 15.3. The molecule has 0 fully saturated rings. The molecule has 3 aromatic rings. The molecule has 0 unspecified atom stereocenters. The molecule has 3 rings (SSSR count). The molecule has 11 heteroatoms. The molecule has 0 spiro atoms. The maximum atomic E-state index is 12.8. The van der Waals surface area contributed by atoms with Crippen molar-refractivity contribution >= 4 is 41.3 Å². The summed E-state index contributed by atoms with van der Waals surface area (Å²) >= 11 is 5.80. The number of esters is 1. The molecular weight excluding hydrogens is 487 g/mol. The number of rotatable bonds is 5. The van der Waals surface area contributed by atoms with Crippen LogP contribution in [-0.2, 0) is 15.8 Å². The first-order valence-corrected chi connectivity index (χ1v) is 10.3. The number of anilines is 1. The number of hydrazone groups is 1. The summed E-state index contributed by atoms with van der Waals surface area (Å²) < 4.78 is 43.8. The van der Waals surface area contributed by atoms with Crippen molar-refractivity contribution in [2.75, 3.05) is 5.32 Å². The molecule has 0 aliphatic heterocycles. The minimum Gasteiger partial charge on any atom is -0.423 e. The van der Waals surface area contributed by atoms with E-state index in [-0.39, 0.29) is 16.5 Å². The van der Waals surface area contributed by atoms with Crippen molar-refractivity contribution in [1.29, 1.82) is 0 Å². The molecule has 2 N–H and O–H groups in total. The molecule has 3 aromatic carbocycles. The van der Waals surface area contributed by atoms with Gasteiger partial charge in [0.15, 0.2) is 0 Å². The second-order valence-electron chi connectivity index (χ2n) is 7.17. The lowest BCUT2D eigenvalue weighted by molar-refractivity contribution is -0.137. The second-order valence-corrected chi connectivity index (χ2v) is 7.58. The van der Waals surface area contributed by atoms with E-state index in [1.54, 1.807) is 42.5 Å². The van der Waals surface area contributed by atoms with Crippen molar-refractivity contribution in [1.82, 2.24) is 5.43 Å². The van der Waals surface area contributed by atoms with Crippen molar-refractivity contribution in [3.8, 4) is 5.75 Å². The number of nitrogens with one attached hydrogen (secondary N) is 2. The lowest BCUT2D eigenvalue weighted by Crippen LogP contribution is -2.32. The SMILES string of the molecule is Cc1ccc(C(=O)Oc2cccc(/C=N/NC(=O)C(=O)Nc3cc(C(F)(F)F)ccc3Cl)c2)cc1. The molecule has 0 aliphatic rings. The maximum Gasteiger partial charge on any atom is 0.416 e. The summed E-state index contributed by atoms with van der Waals surface area (Å²) in [6.07, 6.45) is -3.47. The molecule has 7 nitrogen and oxygen atoms in total.